The highest BCUT2D eigenvalue weighted by molar-refractivity contribution is 8.23. The van der Waals surface area contributed by atoms with Gasteiger partial charge in [-0.15, -0.1) is 11.8 Å². The maximum absolute atomic E-state index is 5.35. The van der Waals surface area contributed by atoms with E-state index in [0.717, 1.165) is 21.1 Å². The van der Waals surface area contributed by atoms with Gasteiger partial charge in [0.1, 0.15) is 0 Å². The molecule has 0 saturated heterocycles. The quantitative estimate of drug-likeness (QED) is 0.558. The van der Waals surface area contributed by atoms with Crippen molar-refractivity contribution in [3.05, 3.63) is 72.9 Å². The van der Waals surface area contributed by atoms with Gasteiger partial charge in [0.15, 0.2) is 0 Å². The van der Waals surface area contributed by atoms with Crippen molar-refractivity contribution in [1.82, 2.24) is 0 Å². The number of hydrogen-bond acceptors (Lipinski definition) is 2. The highest BCUT2D eigenvalue weighted by Gasteiger charge is 2.01. The van der Waals surface area contributed by atoms with Gasteiger partial charge in [0.25, 0.3) is 0 Å². The molecule has 1 rings (SSSR count). The van der Waals surface area contributed by atoms with Gasteiger partial charge in [-0.25, -0.2) is 0 Å². The fourth-order valence-corrected chi connectivity index (χ4v) is 2.26. The molecule has 0 aromatic heterocycles. The maximum atomic E-state index is 5.35. The van der Waals surface area contributed by atoms with Gasteiger partial charge in [0, 0.05) is 5.75 Å². The topological polar surface area (TPSA) is 0 Å². The second kappa shape index (κ2) is 7.20. The Balaban J connectivity index is 2.56. The van der Waals surface area contributed by atoms with Crippen LogP contribution in [0.1, 0.15) is 5.56 Å². The van der Waals surface area contributed by atoms with Crippen LogP contribution in [0.15, 0.2) is 67.3 Å². The zero-order chi connectivity index (χ0) is 11.8. The van der Waals surface area contributed by atoms with Crippen LogP contribution in [-0.4, -0.2) is 9.95 Å². The summed E-state index contributed by atoms with van der Waals surface area (Å²) in [5, 5.41) is 0. The number of thioether (sulfide) groups is 1. The molecular formula is C14H14S2. The lowest BCUT2D eigenvalue weighted by Crippen LogP contribution is -1.93. The van der Waals surface area contributed by atoms with Gasteiger partial charge in [-0.2, -0.15) is 0 Å². The SMILES string of the molecule is C=C/C=C(\C=C)CSC(=S)c1ccccc1. The molecule has 0 atom stereocenters. The summed E-state index contributed by atoms with van der Waals surface area (Å²) in [6.07, 6.45) is 5.55. The van der Waals surface area contributed by atoms with Crippen molar-refractivity contribution < 1.29 is 0 Å². The van der Waals surface area contributed by atoms with Crippen LogP contribution in [0.25, 0.3) is 0 Å². The number of allylic oxidation sites excluding steroid dienone is 3. The molecule has 0 heterocycles. The Labute approximate surface area is 107 Å². The normalized spacial score (nSPS) is 10.9. The van der Waals surface area contributed by atoms with Crippen LogP contribution in [0.5, 0.6) is 0 Å². The average molecular weight is 246 g/mol. The maximum Gasteiger partial charge on any atom is 0.0781 e. The summed E-state index contributed by atoms with van der Waals surface area (Å²) in [7, 11) is 0. The lowest BCUT2D eigenvalue weighted by molar-refractivity contribution is 1.56. The first-order chi connectivity index (χ1) is 7.77. The van der Waals surface area contributed by atoms with Gasteiger partial charge in [0.2, 0.25) is 0 Å². The molecule has 0 amide bonds. The molecule has 0 saturated carbocycles. The minimum atomic E-state index is 0.837. The number of rotatable bonds is 5. The molecule has 0 aliphatic carbocycles. The number of hydrogen-bond donors (Lipinski definition) is 0. The summed E-state index contributed by atoms with van der Waals surface area (Å²) >= 11 is 6.99. The summed E-state index contributed by atoms with van der Waals surface area (Å²) in [4.78, 5) is 0. The van der Waals surface area contributed by atoms with E-state index in [9.17, 15) is 0 Å². The molecule has 0 bridgehead atoms. The molecule has 0 aliphatic heterocycles. The minimum Gasteiger partial charge on any atom is -0.109 e. The lowest BCUT2D eigenvalue weighted by atomic mass is 10.2. The minimum absolute atomic E-state index is 0.837. The Morgan fingerprint density at radius 2 is 1.94 bits per heavy atom. The smallest absolute Gasteiger partial charge is 0.0781 e. The van der Waals surface area contributed by atoms with Crippen molar-refractivity contribution in [3.63, 3.8) is 0 Å². The Kier molecular flexibility index (Phi) is 5.83. The van der Waals surface area contributed by atoms with Crippen LogP contribution >= 0.6 is 24.0 Å². The van der Waals surface area contributed by atoms with E-state index in [2.05, 4.69) is 13.2 Å². The molecule has 1 aromatic rings. The Morgan fingerprint density at radius 3 is 2.50 bits per heavy atom. The highest BCUT2D eigenvalue weighted by atomic mass is 32.2. The van der Waals surface area contributed by atoms with Crippen molar-refractivity contribution in [3.8, 4) is 0 Å². The first-order valence-corrected chi connectivity index (χ1v) is 6.33. The standard InChI is InChI=1S/C14H14S2/c1-3-8-12(4-2)11-16-14(15)13-9-6-5-7-10-13/h3-10H,1-2,11H2/b12-8+. The van der Waals surface area contributed by atoms with E-state index >= 15 is 0 Å². The zero-order valence-corrected chi connectivity index (χ0v) is 10.7. The van der Waals surface area contributed by atoms with E-state index < -0.39 is 0 Å². The largest absolute Gasteiger partial charge is 0.109 e. The van der Waals surface area contributed by atoms with E-state index in [0.29, 0.717) is 0 Å². The van der Waals surface area contributed by atoms with Gasteiger partial charge in [-0.05, 0) is 11.1 Å². The molecule has 0 radical (unpaired) electrons. The monoisotopic (exact) mass is 246 g/mol. The summed E-state index contributed by atoms with van der Waals surface area (Å²) in [5.41, 5.74) is 2.24. The molecule has 0 fully saturated rings. The van der Waals surface area contributed by atoms with Gasteiger partial charge in [-0.3, -0.25) is 0 Å². The average Bonchev–Trinajstić information content (AvgIpc) is 2.35. The Hall–Kier alpha value is -1.12. The van der Waals surface area contributed by atoms with Gasteiger partial charge >= 0.3 is 0 Å². The van der Waals surface area contributed by atoms with Crippen LogP contribution in [-0.2, 0) is 0 Å². The first kappa shape index (κ1) is 12.9. The van der Waals surface area contributed by atoms with E-state index in [1.807, 2.05) is 42.5 Å². The molecule has 0 spiro atoms. The van der Waals surface area contributed by atoms with Gasteiger partial charge in [0.05, 0.1) is 4.20 Å². The van der Waals surface area contributed by atoms with Crippen LogP contribution in [0.3, 0.4) is 0 Å². The van der Waals surface area contributed by atoms with Crippen LogP contribution in [0, 0.1) is 0 Å². The lowest BCUT2D eigenvalue weighted by Gasteiger charge is -2.03. The van der Waals surface area contributed by atoms with E-state index in [1.54, 1.807) is 17.8 Å². The van der Waals surface area contributed by atoms with Crippen molar-refractivity contribution in [2.45, 2.75) is 0 Å². The highest BCUT2D eigenvalue weighted by Crippen LogP contribution is 2.17. The fraction of sp³-hybridized carbons (Fsp3) is 0.0714. The summed E-state index contributed by atoms with van der Waals surface area (Å²) < 4.78 is 0.914. The third-order valence-corrected chi connectivity index (χ3v) is 3.54. The first-order valence-electron chi connectivity index (χ1n) is 4.94. The third-order valence-electron chi connectivity index (χ3n) is 1.97. The molecule has 1 aromatic carbocycles. The van der Waals surface area contributed by atoms with E-state index in [1.165, 1.54) is 0 Å². The predicted octanol–water partition coefficient (Wildman–Crippen LogP) is 4.39. The fourth-order valence-electron chi connectivity index (χ4n) is 1.13. The second-order valence-corrected chi connectivity index (χ2v) is 4.78. The number of thiocarbonyl (C=S) groups is 1. The summed E-state index contributed by atoms with van der Waals surface area (Å²) in [6, 6.07) is 10.0. The van der Waals surface area contributed by atoms with Crippen LogP contribution in [0.4, 0.5) is 0 Å². The van der Waals surface area contributed by atoms with Gasteiger partial charge < -0.3 is 0 Å². The van der Waals surface area contributed by atoms with Crippen molar-refractivity contribution in [1.29, 1.82) is 0 Å². The predicted molar refractivity (Wildman–Crippen MR) is 79.1 cm³/mol. The summed E-state index contributed by atoms with van der Waals surface area (Å²) in [5.74, 6) is 0.837. The molecule has 0 nitrogen and oxygen atoms in total. The van der Waals surface area contributed by atoms with Gasteiger partial charge in [-0.1, -0.05) is 73.9 Å². The molecule has 82 valence electrons. The number of benzene rings is 1. The molecule has 2 heteroatoms. The van der Waals surface area contributed by atoms with Crippen molar-refractivity contribution in [2.75, 3.05) is 5.75 Å². The summed E-state index contributed by atoms with van der Waals surface area (Å²) in [6.45, 7) is 7.43. The molecule has 0 N–H and O–H groups in total. The van der Waals surface area contributed by atoms with E-state index in [-0.39, 0.29) is 0 Å². The molecule has 0 unspecified atom stereocenters. The molecular weight excluding hydrogens is 232 g/mol. The van der Waals surface area contributed by atoms with Crippen molar-refractivity contribution in [2.24, 2.45) is 0 Å². The second-order valence-electron chi connectivity index (χ2n) is 3.12. The Bertz CT molecular complexity index is 402. The van der Waals surface area contributed by atoms with Crippen LogP contribution < -0.4 is 0 Å². The van der Waals surface area contributed by atoms with Crippen molar-refractivity contribution >= 4 is 28.2 Å². The van der Waals surface area contributed by atoms with E-state index in [4.69, 9.17) is 12.2 Å². The van der Waals surface area contributed by atoms with Crippen LogP contribution in [0.2, 0.25) is 0 Å². The molecule has 0 aliphatic rings. The Morgan fingerprint density at radius 1 is 1.25 bits per heavy atom. The zero-order valence-electron chi connectivity index (χ0n) is 9.06. The third kappa shape index (κ3) is 4.17. The molecule has 16 heavy (non-hydrogen) atoms.